The molecule has 0 aliphatic rings. The molecule has 0 aliphatic carbocycles. The fraction of sp³-hybridized carbons (Fsp3) is 0.238. The zero-order valence-electron chi connectivity index (χ0n) is 32.9. The zero-order chi connectivity index (χ0) is 42.2. The highest BCUT2D eigenvalue weighted by Gasteiger charge is 2.22. The first-order valence-corrected chi connectivity index (χ1v) is 23.5. The summed E-state index contributed by atoms with van der Waals surface area (Å²) in [5, 5.41) is 10.1. The van der Waals surface area contributed by atoms with Crippen LogP contribution in [0.3, 0.4) is 0 Å². The fourth-order valence-corrected chi connectivity index (χ4v) is 9.56. The predicted octanol–water partition coefficient (Wildman–Crippen LogP) is 9.07. The maximum Gasteiger partial charge on any atom is 0.257 e. The van der Waals surface area contributed by atoms with Gasteiger partial charge in [-0.05, 0) is 110 Å². The van der Waals surface area contributed by atoms with Gasteiger partial charge < -0.3 is 4.74 Å². The van der Waals surface area contributed by atoms with Crippen molar-refractivity contribution in [2.24, 2.45) is 0 Å². The molecule has 0 saturated heterocycles. The number of sulfonamides is 2. The third-order valence-electron chi connectivity index (χ3n) is 9.29. The monoisotopic (exact) mass is 872 g/mol. The van der Waals surface area contributed by atoms with Crippen LogP contribution in [0.5, 0.6) is 11.5 Å². The van der Waals surface area contributed by atoms with Crippen LogP contribution in [-0.4, -0.2) is 74.4 Å². The molecule has 0 spiro atoms. The number of rotatable bonds is 18. The Morgan fingerprint density at radius 3 is 1.27 bits per heavy atom. The van der Waals surface area contributed by atoms with Gasteiger partial charge in [0, 0.05) is 60.2 Å². The Balaban J connectivity index is 1.00. The van der Waals surface area contributed by atoms with E-state index >= 15 is 0 Å². The van der Waals surface area contributed by atoms with Gasteiger partial charge >= 0.3 is 0 Å². The SMILES string of the molecule is CCCCN(C)S(=O)(=O)c1ccc(C(=O)Nc2nc(-c3ccc(Oc4ccc(-c5csc(NC(=O)c6ccc(S(=O)(=O)N(C)CCCC)cc6)n5)cc4)cc3)cs2)cc1. The lowest BCUT2D eigenvalue weighted by atomic mass is 10.1. The Labute approximate surface area is 352 Å². The first-order chi connectivity index (χ1) is 28.3. The van der Waals surface area contributed by atoms with Gasteiger partial charge in [-0.3, -0.25) is 20.2 Å². The number of hydrogen-bond acceptors (Lipinski definition) is 11. The molecule has 59 heavy (non-hydrogen) atoms. The number of amides is 2. The summed E-state index contributed by atoms with van der Waals surface area (Å²) < 4.78 is 60.0. The fourth-order valence-electron chi connectivity index (χ4n) is 5.71. The number of thiazole rings is 2. The minimum atomic E-state index is -3.63. The molecule has 13 nitrogen and oxygen atoms in total. The van der Waals surface area contributed by atoms with Crippen LogP contribution in [-0.2, 0) is 20.0 Å². The van der Waals surface area contributed by atoms with Crippen LogP contribution in [0.1, 0.15) is 60.2 Å². The number of ether oxygens (including phenoxy) is 1. The van der Waals surface area contributed by atoms with Gasteiger partial charge in [0.2, 0.25) is 20.0 Å². The average molecular weight is 873 g/mol. The molecule has 0 aliphatic heterocycles. The lowest BCUT2D eigenvalue weighted by Crippen LogP contribution is -2.28. The number of nitrogens with zero attached hydrogens (tertiary/aromatic N) is 4. The third-order valence-corrected chi connectivity index (χ3v) is 14.5. The molecule has 2 amide bonds. The number of anilines is 2. The summed E-state index contributed by atoms with van der Waals surface area (Å²) >= 11 is 2.56. The van der Waals surface area contributed by atoms with E-state index < -0.39 is 31.9 Å². The van der Waals surface area contributed by atoms with E-state index in [1.54, 1.807) is 14.1 Å². The largest absolute Gasteiger partial charge is 0.457 e. The van der Waals surface area contributed by atoms with Gasteiger partial charge in [0.1, 0.15) is 11.5 Å². The Hall–Kier alpha value is -5.30. The molecule has 0 unspecified atom stereocenters. The molecular weight excluding hydrogens is 829 g/mol. The standard InChI is InChI=1S/C42H44N6O7S4/c1-5-7-25-47(3)58(51,52)35-21-13-31(14-22-35)39(49)45-41-43-37(27-56-41)29-9-17-33(18-10-29)55-34-19-11-30(12-20-34)38-28-57-42(44-38)46-40(50)32-15-23-36(24-16-32)59(53,54)48(4)26-8-6-2/h9-24,27-28H,5-8,25-26H2,1-4H3,(H,43,45,49)(H,44,46,50). The summed E-state index contributed by atoms with van der Waals surface area (Å²) in [6, 6.07) is 26.5. The third kappa shape index (κ3) is 10.7. The Morgan fingerprint density at radius 2 is 0.932 bits per heavy atom. The quantitative estimate of drug-likeness (QED) is 0.0856. The summed E-state index contributed by atoms with van der Waals surface area (Å²) in [7, 11) is -4.16. The first kappa shape index (κ1) is 43.3. The van der Waals surface area contributed by atoms with E-state index in [1.165, 1.54) is 79.8 Å². The van der Waals surface area contributed by atoms with Crippen molar-refractivity contribution in [3.05, 3.63) is 119 Å². The average Bonchev–Trinajstić information content (AvgIpc) is 3.92. The molecule has 6 aromatic rings. The number of carbonyl (C=O) groups excluding carboxylic acids is 2. The highest BCUT2D eigenvalue weighted by Crippen LogP contribution is 2.31. The van der Waals surface area contributed by atoms with Gasteiger partial charge in [-0.15, -0.1) is 22.7 Å². The molecule has 0 radical (unpaired) electrons. The summed E-state index contributed by atoms with van der Waals surface area (Å²) in [6.45, 7) is 4.85. The second kappa shape index (κ2) is 19.2. The van der Waals surface area contributed by atoms with Crippen molar-refractivity contribution < 1.29 is 31.2 Å². The van der Waals surface area contributed by atoms with E-state index in [9.17, 15) is 26.4 Å². The molecule has 2 N–H and O–H groups in total. The molecule has 0 bridgehead atoms. The topological polar surface area (TPSA) is 168 Å². The lowest BCUT2D eigenvalue weighted by Gasteiger charge is -2.16. The molecule has 17 heteroatoms. The Kier molecular flexibility index (Phi) is 14.1. The van der Waals surface area contributed by atoms with Crippen LogP contribution in [0, 0.1) is 0 Å². The van der Waals surface area contributed by atoms with Gasteiger partial charge in [-0.25, -0.2) is 35.4 Å². The molecule has 0 atom stereocenters. The maximum atomic E-state index is 12.9. The Bertz CT molecular complexity index is 2410. The van der Waals surface area contributed by atoms with Crippen molar-refractivity contribution in [3.63, 3.8) is 0 Å². The normalized spacial score (nSPS) is 11.8. The zero-order valence-corrected chi connectivity index (χ0v) is 36.2. The molecule has 0 fully saturated rings. The van der Waals surface area contributed by atoms with Crippen LogP contribution in [0.25, 0.3) is 22.5 Å². The van der Waals surface area contributed by atoms with Gasteiger partial charge in [0.05, 0.1) is 21.2 Å². The van der Waals surface area contributed by atoms with Crippen molar-refractivity contribution in [1.82, 2.24) is 18.6 Å². The number of hydrogen-bond donors (Lipinski definition) is 2. The summed E-state index contributed by atoms with van der Waals surface area (Å²) in [5.41, 5.74) is 3.63. The van der Waals surface area contributed by atoms with Crippen LogP contribution < -0.4 is 15.4 Å². The second-order valence-electron chi connectivity index (χ2n) is 13.5. The van der Waals surface area contributed by atoms with Crippen LogP contribution in [0.15, 0.2) is 118 Å². The molecule has 2 heterocycles. The van der Waals surface area contributed by atoms with Gasteiger partial charge in [0.15, 0.2) is 10.3 Å². The van der Waals surface area contributed by atoms with Crippen molar-refractivity contribution in [2.75, 3.05) is 37.8 Å². The van der Waals surface area contributed by atoms with E-state index in [0.717, 1.165) is 36.8 Å². The smallest absolute Gasteiger partial charge is 0.257 e. The number of aromatic nitrogens is 2. The number of carbonyl (C=O) groups is 2. The van der Waals surface area contributed by atoms with Crippen LogP contribution in [0.2, 0.25) is 0 Å². The van der Waals surface area contributed by atoms with Crippen molar-refractivity contribution in [2.45, 2.75) is 49.3 Å². The predicted molar refractivity (Wildman–Crippen MR) is 233 cm³/mol. The van der Waals surface area contributed by atoms with E-state index in [1.807, 2.05) is 73.1 Å². The molecule has 2 aromatic heterocycles. The second-order valence-corrected chi connectivity index (χ2v) is 19.3. The summed E-state index contributed by atoms with van der Waals surface area (Å²) in [6.07, 6.45) is 3.29. The number of nitrogens with one attached hydrogen (secondary N) is 2. The maximum absolute atomic E-state index is 12.9. The summed E-state index contributed by atoms with van der Waals surface area (Å²) in [4.78, 5) is 35.2. The van der Waals surface area contributed by atoms with Crippen molar-refractivity contribution >= 4 is 64.8 Å². The lowest BCUT2D eigenvalue weighted by molar-refractivity contribution is 0.101. The van der Waals surface area contributed by atoms with Crippen molar-refractivity contribution in [3.8, 4) is 34.0 Å². The molecular formula is C42H44N6O7S4. The van der Waals surface area contributed by atoms with Gasteiger partial charge in [0.25, 0.3) is 11.8 Å². The molecule has 308 valence electrons. The van der Waals surface area contributed by atoms with Crippen LogP contribution in [0.4, 0.5) is 10.3 Å². The van der Waals surface area contributed by atoms with Gasteiger partial charge in [-0.1, -0.05) is 26.7 Å². The minimum Gasteiger partial charge on any atom is -0.457 e. The first-order valence-electron chi connectivity index (χ1n) is 18.8. The highest BCUT2D eigenvalue weighted by atomic mass is 32.2. The number of benzene rings is 4. The van der Waals surface area contributed by atoms with E-state index in [0.29, 0.717) is 57.4 Å². The molecule has 6 rings (SSSR count). The Morgan fingerprint density at radius 1 is 0.576 bits per heavy atom. The minimum absolute atomic E-state index is 0.132. The summed E-state index contributed by atoms with van der Waals surface area (Å²) in [5.74, 6) is 0.430. The van der Waals surface area contributed by atoms with Crippen LogP contribution >= 0.6 is 22.7 Å². The molecule has 0 saturated carbocycles. The van der Waals surface area contributed by atoms with Crippen molar-refractivity contribution in [1.29, 1.82) is 0 Å². The highest BCUT2D eigenvalue weighted by molar-refractivity contribution is 7.89. The number of unbranched alkanes of at least 4 members (excludes halogenated alkanes) is 2. The van der Waals surface area contributed by atoms with E-state index in [-0.39, 0.29) is 9.79 Å². The molecule has 4 aromatic carbocycles. The van der Waals surface area contributed by atoms with E-state index in [4.69, 9.17) is 4.74 Å². The van der Waals surface area contributed by atoms with Gasteiger partial charge in [-0.2, -0.15) is 0 Å². The van der Waals surface area contributed by atoms with E-state index in [2.05, 4.69) is 20.6 Å².